The topological polar surface area (TPSA) is 12.4 Å². The molecule has 1 aliphatic rings. The summed E-state index contributed by atoms with van der Waals surface area (Å²) in [7, 11) is 0. The van der Waals surface area contributed by atoms with Crippen LogP contribution in [0.5, 0.6) is 0 Å². The van der Waals surface area contributed by atoms with Crippen LogP contribution in [0.2, 0.25) is 0 Å². The van der Waals surface area contributed by atoms with E-state index in [9.17, 15) is 0 Å². The highest BCUT2D eigenvalue weighted by molar-refractivity contribution is 6.22. The third kappa shape index (κ3) is 5.22. The van der Waals surface area contributed by atoms with Crippen molar-refractivity contribution in [1.82, 2.24) is 0 Å². The molecule has 1 unspecified atom stereocenters. The second kappa shape index (κ2) is 12.5. The molecular weight excluding hydrogens is 591 g/mol. The predicted molar refractivity (Wildman–Crippen MR) is 215 cm³/mol. The number of fused-ring (bicyclic) bond motifs is 4. The molecule has 49 heavy (non-hydrogen) atoms. The number of aliphatic imine (C=N–C) groups is 1. The Morgan fingerprint density at radius 2 is 1.31 bits per heavy atom. The van der Waals surface area contributed by atoms with Crippen LogP contribution in [0.1, 0.15) is 60.9 Å². The molecule has 0 saturated carbocycles. The Labute approximate surface area is 290 Å². The zero-order valence-electron chi connectivity index (χ0n) is 29.0. The zero-order chi connectivity index (χ0) is 33.6. The van der Waals surface area contributed by atoms with Gasteiger partial charge >= 0.3 is 0 Å². The van der Waals surface area contributed by atoms with Crippen molar-refractivity contribution in [3.05, 3.63) is 149 Å². The third-order valence-electron chi connectivity index (χ3n) is 10.6. The Balaban J connectivity index is 1.50. The Kier molecular flexibility index (Phi) is 7.85. The van der Waals surface area contributed by atoms with Crippen LogP contribution >= 0.6 is 0 Å². The number of allylic oxidation sites excluding steroid dienone is 2. The summed E-state index contributed by atoms with van der Waals surface area (Å²) in [5, 5.41) is 7.60. The summed E-state index contributed by atoms with van der Waals surface area (Å²) < 4.78 is 0. The van der Waals surface area contributed by atoms with Gasteiger partial charge in [0.2, 0.25) is 0 Å². The maximum atomic E-state index is 4.79. The van der Waals surface area contributed by atoms with Crippen molar-refractivity contribution < 1.29 is 0 Å². The quantitative estimate of drug-likeness (QED) is 0.132. The number of benzene rings is 7. The van der Waals surface area contributed by atoms with Gasteiger partial charge in [0.1, 0.15) is 0 Å². The van der Waals surface area contributed by atoms with E-state index in [1.54, 1.807) is 0 Å². The van der Waals surface area contributed by atoms with Gasteiger partial charge in [-0.1, -0.05) is 122 Å². The van der Waals surface area contributed by atoms with E-state index in [1.165, 1.54) is 93.5 Å². The smallest absolute Gasteiger partial charge is 0.0663 e. The zero-order valence-corrected chi connectivity index (χ0v) is 29.0. The molecule has 0 spiro atoms. The van der Waals surface area contributed by atoms with E-state index in [-0.39, 0.29) is 0 Å². The summed E-state index contributed by atoms with van der Waals surface area (Å²) in [5.74, 6) is 0.487. The van der Waals surface area contributed by atoms with E-state index in [1.807, 2.05) is 13.1 Å². The fourth-order valence-electron chi connectivity index (χ4n) is 7.96. The van der Waals surface area contributed by atoms with Gasteiger partial charge in [0, 0.05) is 6.21 Å². The highest BCUT2D eigenvalue weighted by atomic mass is 14.7. The van der Waals surface area contributed by atoms with Gasteiger partial charge in [-0.15, -0.1) is 0 Å². The van der Waals surface area contributed by atoms with Gasteiger partial charge in [-0.05, 0) is 152 Å². The van der Waals surface area contributed by atoms with Gasteiger partial charge in [-0.25, -0.2) is 0 Å². The number of rotatable bonds is 5. The minimum absolute atomic E-state index is 0.487. The maximum absolute atomic E-state index is 4.79. The average molecular weight is 632 g/mol. The molecule has 0 aliphatic heterocycles. The van der Waals surface area contributed by atoms with E-state index in [0.29, 0.717) is 5.92 Å². The van der Waals surface area contributed by atoms with Crippen LogP contribution in [-0.2, 0) is 0 Å². The molecule has 1 nitrogen and oxygen atoms in total. The molecule has 1 aliphatic carbocycles. The van der Waals surface area contributed by atoms with Gasteiger partial charge in [-0.2, -0.15) is 0 Å². The summed E-state index contributed by atoms with van der Waals surface area (Å²) in [6, 6.07) is 41.1. The lowest BCUT2D eigenvalue weighted by Crippen LogP contribution is -2.00. The molecular formula is C48H41N. The molecule has 0 bridgehead atoms. The normalized spacial score (nSPS) is 14.5. The van der Waals surface area contributed by atoms with Crippen LogP contribution in [0.3, 0.4) is 0 Å². The van der Waals surface area contributed by atoms with Crippen molar-refractivity contribution in [2.24, 2.45) is 4.99 Å². The van der Waals surface area contributed by atoms with Gasteiger partial charge in [-0.3, -0.25) is 4.99 Å². The number of nitrogens with zero attached hydrogens (tertiary/aromatic N) is 1. The lowest BCUT2D eigenvalue weighted by Gasteiger charge is -2.22. The monoisotopic (exact) mass is 631 g/mol. The molecule has 7 aromatic carbocycles. The second-order valence-electron chi connectivity index (χ2n) is 13.5. The standard InChI is InChI=1S/C48H41N/c1-6-13-39-31(4)32(5)46(49-7-2)29-44(39)36-24-25-42-45(27-36)48(38-23-21-34-17-12-14-30(3)43(34)28-38)41-19-11-10-18-40(41)47(42)37-22-20-33-15-8-9-16-35(33)26-37/h6-13,15-30H,14H2,1-5H3/b13-6-,49-7?. The summed E-state index contributed by atoms with van der Waals surface area (Å²) in [6.45, 7) is 10.8. The molecule has 0 amide bonds. The first-order valence-corrected chi connectivity index (χ1v) is 17.5. The lowest BCUT2D eigenvalue weighted by atomic mass is 9.81. The van der Waals surface area contributed by atoms with Crippen LogP contribution in [0.4, 0.5) is 5.69 Å². The average Bonchev–Trinajstić information content (AvgIpc) is 3.13. The highest BCUT2D eigenvalue weighted by Crippen LogP contribution is 2.47. The van der Waals surface area contributed by atoms with Crippen LogP contribution in [-0.4, -0.2) is 6.21 Å². The Bertz CT molecular complexity index is 2520. The van der Waals surface area contributed by atoms with Crippen molar-refractivity contribution in [3.63, 3.8) is 0 Å². The molecule has 238 valence electrons. The molecule has 7 aromatic rings. The van der Waals surface area contributed by atoms with Crippen molar-refractivity contribution >= 4 is 56.4 Å². The second-order valence-corrected chi connectivity index (χ2v) is 13.5. The molecule has 1 heteroatoms. The van der Waals surface area contributed by atoms with Crippen LogP contribution in [0.25, 0.3) is 77.9 Å². The Hall–Kier alpha value is -5.53. The van der Waals surface area contributed by atoms with Gasteiger partial charge < -0.3 is 0 Å². The van der Waals surface area contributed by atoms with E-state index in [4.69, 9.17) is 4.99 Å². The summed E-state index contributed by atoms with van der Waals surface area (Å²) in [6.07, 6.45) is 12.0. The molecule has 0 radical (unpaired) electrons. The summed E-state index contributed by atoms with van der Waals surface area (Å²) in [5.41, 5.74) is 15.0. The first-order valence-electron chi connectivity index (χ1n) is 17.5. The Morgan fingerprint density at radius 1 is 0.633 bits per heavy atom. The number of hydrogen-bond donors (Lipinski definition) is 0. The van der Waals surface area contributed by atoms with E-state index >= 15 is 0 Å². The fraction of sp³-hybridized carbons (Fsp3) is 0.146. The minimum Gasteiger partial charge on any atom is -0.261 e. The molecule has 0 N–H and O–H groups in total. The minimum atomic E-state index is 0.487. The van der Waals surface area contributed by atoms with Crippen molar-refractivity contribution in [2.45, 2.75) is 47.0 Å². The third-order valence-corrected chi connectivity index (χ3v) is 10.6. The molecule has 8 rings (SSSR count). The van der Waals surface area contributed by atoms with Gasteiger partial charge in [0.25, 0.3) is 0 Å². The molecule has 0 heterocycles. The maximum Gasteiger partial charge on any atom is 0.0663 e. The molecule has 0 fully saturated rings. The molecule has 1 atom stereocenters. The van der Waals surface area contributed by atoms with E-state index in [2.05, 4.69) is 161 Å². The first-order chi connectivity index (χ1) is 24.0. The molecule has 0 saturated heterocycles. The van der Waals surface area contributed by atoms with Gasteiger partial charge in [0.15, 0.2) is 0 Å². The largest absolute Gasteiger partial charge is 0.261 e. The summed E-state index contributed by atoms with van der Waals surface area (Å²) in [4.78, 5) is 4.79. The van der Waals surface area contributed by atoms with Crippen LogP contribution in [0, 0.1) is 13.8 Å². The predicted octanol–water partition coefficient (Wildman–Crippen LogP) is 14.0. The van der Waals surface area contributed by atoms with E-state index in [0.717, 1.165) is 12.1 Å². The fourth-order valence-corrected chi connectivity index (χ4v) is 7.96. The van der Waals surface area contributed by atoms with Crippen molar-refractivity contribution in [3.8, 4) is 33.4 Å². The van der Waals surface area contributed by atoms with Crippen LogP contribution < -0.4 is 0 Å². The van der Waals surface area contributed by atoms with Gasteiger partial charge in [0.05, 0.1) is 5.69 Å². The summed E-state index contributed by atoms with van der Waals surface area (Å²) >= 11 is 0. The van der Waals surface area contributed by atoms with E-state index < -0.39 is 0 Å². The van der Waals surface area contributed by atoms with Crippen LogP contribution in [0.15, 0.2) is 126 Å². The highest BCUT2D eigenvalue weighted by Gasteiger charge is 2.21. The number of hydrogen-bond acceptors (Lipinski definition) is 1. The SMILES string of the molecule is CC=Nc1cc(-c2ccc3c(-c4ccc5ccccc5c4)c4ccccc4c(-c4ccc5c(c4)C(C)CC=C5)c3c2)c(/C=C\C)c(C)c1C. The molecule has 0 aromatic heterocycles. The Morgan fingerprint density at radius 3 is 2.08 bits per heavy atom. The first kappa shape index (κ1) is 30.8. The lowest BCUT2D eigenvalue weighted by molar-refractivity contribution is 0.772. The van der Waals surface area contributed by atoms with Crippen molar-refractivity contribution in [1.29, 1.82) is 0 Å². The van der Waals surface area contributed by atoms with Crippen molar-refractivity contribution in [2.75, 3.05) is 0 Å².